The van der Waals surface area contributed by atoms with Crippen LogP contribution < -0.4 is 10.5 Å². The highest BCUT2D eigenvalue weighted by Crippen LogP contribution is 2.66. The van der Waals surface area contributed by atoms with E-state index < -0.39 is 0 Å². The Kier molecular flexibility index (Phi) is 3.56. The Morgan fingerprint density at radius 3 is 2.38 bits per heavy atom. The summed E-state index contributed by atoms with van der Waals surface area (Å²) in [5.74, 6) is 1.82. The minimum absolute atomic E-state index is 0.137. The van der Waals surface area contributed by atoms with Crippen LogP contribution in [0.2, 0.25) is 0 Å². The molecule has 2 fully saturated rings. The molecule has 0 aromatic heterocycles. The van der Waals surface area contributed by atoms with Crippen molar-refractivity contribution < 1.29 is 4.74 Å². The van der Waals surface area contributed by atoms with Gasteiger partial charge in [0.25, 0.3) is 0 Å². The van der Waals surface area contributed by atoms with E-state index in [1.807, 2.05) is 0 Å². The lowest BCUT2D eigenvalue weighted by Gasteiger charge is -2.38. The van der Waals surface area contributed by atoms with E-state index in [4.69, 9.17) is 10.5 Å². The minimum Gasteiger partial charge on any atom is -0.490 e. The van der Waals surface area contributed by atoms with Crippen molar-refractivity contribution in [1.82, 2.24) is 0 Å². The Labute approximate surface area is 129 Å². The van der Waals surface area contributed by atoms with Crippen LogP contribution in [0.3, 0.4) is 0 Å². The zero-order chi connectivity index (χ0) is 15.3. The van der Waals surface area contributed by atoms with Gasteiger partial charge in [-0.25, -0.2) is 0 Å². The van der Waals surface area contributed by atoms with E-state index in [0.717, 1.165) is 18.1 Å². The molecule has 2 nitrogen and oxygen atoms in total. The van der Waals surface area contributed by atoms with Gasteiger partial charge in [0.05, 0.1) is 0 Å². The van der Waals surface area contributed by atoms with Gasteiger partial charge in [-0.05, 0) is 54.7 Å². The first-order valence-electron chi connectivity index (χ1n) is 8.40. The fraction of sp³-hybridized carbons (Fsp3) is 0.684. The predicted molar refractivity (Wildman–Crippen MR) is 87.3 cm³/mol. The molecule has 2 saturated carbocycles. The minimum atomic E-state index is 0.137. The van der Waals surface area contributed by atoms with Crippen molar-refractivity contribution >= 4 is 0 Å². The van der Waals surface area contributed by atoms with E-state index in [9.17, 15) is 0 Å². The van der Waals surface area contributed by atoms with E-state index >= 15 is 0 Å². The van der Waals surface area contributed by atoms with Gasteiger partial charge < -0.3 is 10.5 Å². The van der Waals surface area contributed by atoms with E-state index in [0.29, 0.717) is 16.9 Å². The van der Waals surface area contributed by atoms with E-state index in [-0.39, 0.29) is 6.04 Å². The van der Waals surface area contributed by atoms with Crippen LogP contribution in [0.15, 0.2) is 24.3 Å². The van der Waals surface area contributed by atoms with Gasteiger partial charge >= 0.3 is 0 Å². The standard InChI is InChI=1S/C19H29NO/c1-5-16(20)13-6-8-15(9-7-13)21-17-12-14-10-11-19(17,4)18(14,2)3/h6-9,14,16-17H,5,10-12,20H2,1-4H3. The molecule has 116 valence electrons. The third-order valence-corrected chi connectivity index (χ3v) is 6.74. The summed E-state index contributed by atoms with van der Waals surface area (Å²) in [6, 6.07) is 8.55. The Hall–Kier alpha value is -1.02. The number of rotatable bonds is 4. The van der Waals surface area contributed by atoms with Gasteiger partial charge in [-0.15, -0.1) is 0 Å². The molecule has 2 aliphatic rings. The number of benzene rings is 1. The largest absolute Gasteiger partial charge is 0.490 e. The average Bonchev–Trinajstić information content (AvgIpc) is 2.80. The average molecular weight is 287 g/mol. The highest BCUT2D eigenvalue weighted by molar-refractivity contribution is 5.30. The molecule has 0 heterocycles. The zero-order valence-electron chi connectivity index (χ0n) is 13.9. The lowest BCUT2D eigenvalue weighted by molar-refractivity contribution is 0.0301. The fourth-order valence-corrected chi connectivity index (χ4v) is 4.50. The van der Waals surface area contributed by atoms with Gasteiger partial charge in [-0.1, -0.05) is 39.8 Å². The maximum Gasteiger partial charge on any atom is 0.119 e. The van der Waals surface area contributed by atoms with E-state index in [2.05, 4.69) is 52.0 Å². The predicted octanol–water partition coefficient (Wildman–Crippen LogP) is 4.69. The Bertz CT molecular complexity index is 507. The number of nitrogens with two attached hydrogens (primary N) is 1. The Morgan fingerprint density at radius 1 is 1.24 bits per heavy atom. The molecule has 0 saturated heterocycles. The molecule has 3 rings (SSSR count). The van der Waals surface area contributed by atoms with Gasteiger partial charge in [-0.2, -0.15) is 0 Å². The third kappa shape index (κ3) is 2.19. The van der Waals surface area contributed by atoms with Gasteiger partial charge in [0.15, 0.2) is 0 Å². The number of hydrogen-bond acceptors (Lipinski definition) is 2. The normalized spacial score (nSPS) is 34.9. The molecule has 0 radical (unpaired) electrons. The summed E-state index contributed by atoms with van der Waals surface area (Å²) < 4.78 is 6.38. The van der Waals surface area contributed by atoms with Crippen LogP contribution in [0.25, 0.3) is 0 Å². The first-order chi connectivity index (χ1) is 9.88. The van der Waals surface area contributed by atoms with Crippen molar-refractivity contribution in [2.24, 2.45) is 22.5 Å². The van der Waals surface area contributed by atoms with Gasteiger partial charge in [0.2, 0.25) is 0 Å². The smallest absolute Gasteiger partial charge is 0.119 e. The van der Waals surface area contributed by atoms with Gasteiger partial charge in [0.1, 0.15) is 11.9 Å². The maximum absolute atomic E-state index is 6.38. The Balaban J connectivity index is 1.74. The molecular formula is C19H29NO. The van der Waals surface area contributed by atoms with Crippen LogP contribution in [0.5, 0.6) is 5.75 Å². The molecule has 21 heavy (non-hydrogen) atoms. The second kappa shape index (κ2) is 5.01. The van der Waals surface area contributed by atoms with Crippen LogP contribution in [-0.4, -0.2) is 6.10 Å². The van der Waals surface area contributed by atoms with E-state index in [1.165, 1.54) is 24.8 Å². The summed E-state index contributed by atoms with van der Waals surface area (Å²) in [6.07, 6.45) is 5.20. The fourth-order valence-electron chi connectivity index (χ4n) is 4.50. The molecule has 2 bridgehead atoms. The first kappa shape index (κ1) is 14.9. The molecule has 0 spiro atoms. The van der Waals surface area contributed by atoms with Crippen molar-refractivity contribution in [1.29, 1.82) is 0 Å². The van der Waals surface area contributed by atoms with Crippen LogP contribution in [0.1, 0.15) is 65.0 Å². The number of hydrogen-bond donors (Lipinski definition) is 1. The molecule has 0 amide bonds. The van der Waals surface area contributed by atoms with Crippen LogP contribution in [-0.2, 0) is 0 Å². The van der Waals surface area contributed by atoms with Gasteiger partial charge in [-0.3, -0.25) is 0 Å². The quantitative estimate of drug-likeness (QED) is 0.872. The highest BCUT2D eigenvalue weighted by atomic mass is 16.5. The lowest BCUT2D eigenvalue weighted by atomic mass is 9.70. The van der Waals surface area contributed by atoms with Gasteiger partial charge in [0, 0.05) is 11.5 Å². The van der Waals surface area contributed by atoms with Crippen LogP contribution in [0.4, 0.5) is 0 Å². The summed E-state index contributed by atoms with van der Waals surface area (Å²) in [6.45, 7) is 9.40. The molecule has 4 atom stereocenters. The SMILES string of the molecule is CCC(N)c1ccc(OC2CC3CCC2(C)C3(C)C)cc1. The zero-order valence-corrected chi connectivity index (χ0v) is 13.9. The maximum atomic E-state index is 6.38. The molecule has 2 heteroatoms. The lowest BCUT2D eigenvalue weighted by Crippen LogP contribution is -2.38. The summed E-state index contributed by atoms with van der Waals surface area (Å²) in [5, 5.41) is 0. The molecular weight excluding hydrogens is 258 g/mol. The molecule has 2 N–H and O–H groups in total. The summed E-state index contributed by atoms with van der Waals surface area (Å²) in [5.41, 5.74) is 7.99. The second-order valence-electron chi connectivity index (χ2n) is 7.80. The molecule has 1 aromatic rings. The topological polar surface area (TPSA) is 35.2 Å². The summed E-state index contributed by atoms with van der Waals surface area (Å²) >= 11 is 0. The van der Waals surface area contributed by atoms with Crippen molar-refractivity contribution in [3.63, 3.8) is 0 Å². The number of ether oxygens (including phenoxy) is 1. The van der Waals surface area contributed by atoms with E-state index in [1.54, 1.807) is 0 Å². The molecule has 4 unspecified atom stereocenters. The summed E-state index contributed by atoms with van der Waals surface area (Å²) in [4.78, 5) is 0. The van der Waals surface area contributed by atoms with Crippen molar-refractivity contribution in [3.05, 3.63) is 29.8 Å². The third-order valence-electron chi connectivity index (χ3n) is 6.74. The molecule has 1 aromatic carbocycles. The summed E-state index contributed by atoms with van der Waals surface area (Å²) in [7, 11) is 0. The monoisotopic (exact) mass is 287 g/mol. The Morgan fingerprint density at radius 2 is 1.90 bits per heavy atom. The van der Waals surface area contributed by atoms with Crippen LogP contribution in [0, 0.1) is 16.7 Å². The van der Waals surface area contributed by atoms with Crippen LogP contribution >= 0.6 is 0 Å². The van der Waals surface area contributed by atoms with Crippen molar-refractivity contribution in [2.45, 2.75) is 65.5 Å². The van der Waals surface area contributed by atoms with Crippen molar-refractivity contribution in [3.8, 4) is 5.75 Å². The second-order valence-corrected chi connectivity index (χ2v) is 7.80. The first-order valence-corrected chi connectivity index (χ1v) is 8.40. The highest BCUT2D eigenvalue weighted by Gasteiger charge is 2.62. The van der Waals surface area contributed by atoms with Crippen molar-refractivity contribution in [2.75, 3.05) is 0 Å². The molecule has 2 aliphatic carbocycles. The molecule has 0 aliphatic heterocycles. The number of fused-ring (bicyclic) bond motifs is 2.